The van der Waals surface area contributed by atoms with Crippen molar-refractivity contribution in [2.75, 3.05) is 39.4 Å². The van der Waals surface area contributed by atoms with Crippen LogP contribution in [0.4, 0.5) is 0 Å². The minimum Gasteiger partial charge on any atom is -0.379 e. The largest absolute Gasteiger partial charge is 0.379 e. The molecule has 126 valence electrons. The molecule has 0 radical (unpaired) electrons. The van der Waals surface area contributed by atoms with Crippen molar-refractivity contribution in [2.24, 2.45) is 5.10 Å². The lowest BCUT2D eigenvalue weighted by molar-refractivity contribution is 0.0376. The van der Waals surface area contributed by atoms with Gasteiger partial charge in [0, 0.05) is 25.2 Å². The zero-order valence-electron chi connectivity index (χ0n) is 12.7. The SMILES string of the molecule is S=C(NCCCN1CCOCC1)N/N=C\c1cccc(Cl)c1Cl. The van der Waals surface area contributed by atoms with Crippen LogP contribution in [-0.2, 0) is 4.74 Å². The van der Waals surface area contributed by atoms with E-state index in [9.17, 15) is 0 Å². The number of morpholine rings is 1. The molecule has 1 aromatic rings. The number of nitrogens with one attached hydrogen (secondary N) is 2. The third kappa shape index (κ3) is 6.61. The maximum atomic E-state index is 6.07. The molecule has 0 aromatic heterocycles. The molecule has 5 nitrogen and oxygen atoms in total. The van der Waals surface area contributed by atoms with Crippen LogP contribution < -0.4 is 10.7 Å². The van der Waals surface area contributed by atoms with Gasteiger partial charge in [0.25, 0.3) is 0 Å². The summed E-state index contributed by atoms with van der Waals surface area (Å²) >= 11 is 17.2. The van der Waals surface area contributed by atoms with Crippen molar-refractivity contribution in [1.82, 2.24) is 15.6 Å². The van der Waals surface area contributed by atoms with Crippen LogP contribution in [0.5, 0.6) is 0 Å². The molecule has 1 aliphatic heterocycles. The van der Waals surface area contributed by atoms with Gasteiger partial charge in [-0.2, -0.15) is 5.10 Å². The molecule has 0 atom stereocenters. The standard InChI is InChI=1S/C15H20Cl2N4OS/c16-13-4-1-3-12(14(13)17)11-19-20-15(23)18-5-2-6-21-7-9-22-10-8-21/h1,3-4,11H,2,5-10H2,(H2,18,20,23)/b19-11-. The van der Waals surface area contributed by atoms with Gasteiger partial charge in [-0.25, -0.2) is 0 Å². The summed E-state index contributed by atoms with van der Waals surface area (Å²) in [5, 5.41) is 8.65. The molecule has 0 unspecified atom stereocenters. The number of nitrogens with zero attached hydrogens (tertiary/aromatic N) is 2. The Labute approximate surface area is 152 Å². The van der Waals surface area contributed by atoms with E-state index in [0.29, 0.717) is 15.2 Å². The lowest BCUT2D eigenvalue weighted by Crippen LogP contribution is -2.39. The number of thiocarbonyl (C=S) groups is 1. The molecule has 0 amide bonds. The van der Waals surface area contributed by atoms with Crippen LogP contribution in [0, 0.1) is 0 Å². The first-order valence-corrected chi connectivity index (χ1v) is 8.64. The Morgan fingerprint density at radius 1 is 1.35 bits per heavy atom. The molecule has 2 N–H and O–H groups in total. The van der Waals surface area contributed by atoms with Crippen molar-refractivity contribution >= 4 is 46.7 Å². The summed E-state index contributed by atoms with van der Waals surface area (Å²) in [5.74, 6) is 0. The van der Waals surface area contributed by atoms with Gasteiger partial charge in [0.2, 0.25) is 0 Å². The van der Waals surface area contributed by atoms with E-state index < -0.39 is 0 Å². The maximum Gasteiger partial charge on any atom is 0.186 e. The summed E-state index contributed by atoms with van der Waals surface area (Å²) in [4.78, 5) is 2.39. The van der Waals surface area contributed by atoms with Gasteiger partial charge in [-0.15, -0.1) is 0 Å². The first-order valence-electron chi connectivity index (χ1n) is 7.48. The fraction of sp³-hybridized carbons (Fsp3) is 0.467. The van der Waals surface area contributed by atoms with E-state index in [1.807, 2.05) is 12.1 Å². The van der Waals surface area contributed by atoms with Gasteiger partial charge < -0.3 is 10.1 Å². The van der Waals surface area contributed by atoms with Crippen molar-refractivity contribution in [3.05, 3.63) is 33.8 Å². The van der Waals surface area contributed by atoms with Crippen LogP contribution in [0.15, 0.2) is 23.3 Å². The third-order valence-electron chi connectivity index (χ3n) is 3.39. The fourth-order valence-corrected chi connectivity index (χ4v) is 2.66. The average Bonchev–Trinajstić information content (AvgIpc) is 2.56. The molecule has 1 aromatic carbocycles. The number of benzene rings is 1. The lowest BCUT2D eigenvalue weighted by Gasteiger charge is -2.26. The van der Waals surface area contributed by atoms with Crippen LogP contribution in [0.25, 0.3) is 0 Å². The quantitative estimate of drug-likeness (QED) is 0.346. The molecule has 0 bridgehead atoms. The Morgan fingerprint density at radius 3 is 2.91 bits per heavy atom. The molecule has 1 heterocycles. The fourth-order valence-electron chi connectivity index (χ4n) is 2.15. The Balaban J connectivity index is 1.63. The third-order valence-corrected chi connectivity index (χ3v) is 4.46. The van der Waals surface area contributed by atoms with Gasteiger partial charge in [-0.1, -0.05) is 35.3 Å². The second kappa shape index (κ2) is 10.1. The first-order chi connectivity index (χ1) is 11.2. The highest BCUT2D eigenvalue weighted by Gasteiger charge is 2.09. The molecule has 1 aliphatic rings. The summed E-state index contributed by atoms with van der Waals surface area (Å²) in [6.07, 6.45) is 2.61. The Bertz CT molecular complexity index is 550. The Kier molecular flexibility index (Phi) is 8.05. The number of hydrogen-bond donors (Lipinski definition) is 2. The molecule has 0 spiro atoms. The van der Waals surface area contributed by atoms with Crippen molar-refractivity contribution < 1.29 is 4.74 Å². The zero-order valence-corrected chi connectivity index (χ0v) is 15.1. The summed E-state index contributed by atoms with van der Waals surface area (Å²) in [7, 11) is 0. The molecular formula is C15H20Cl2N4OS. The molecule has 1 saturated heterocycles. The van der Waals surface area contributed by atoms with Crippen LogP contribution in [0.3, 0.4) is 0 Å². The summed E-state index contributed by atoms with van der Waals surface area (Å²) in [6.45, 7) is 5.51. The molecule has 8 heteroatoms. The highest BCUT2D eigenvalue weighted by atomic mass is 35.5. The Morgan fingerprint density at radius 2 is 2.13 bits per heavy atom. The average molecular weight is 375 g/mol. The van der Waals surface area contributed by atoms with Gasteiger partial charge in [0.05, 0.1) is 29.5 Å². The number of hydrogen-bond acceptors (Lipinski definition) is 4. The van der Waals surface area contributed by atoms with Crippen LogP contribution in [0.1, 0.15) is 12.0 Å². The van der Waals surface area contributed by atoms with Gasteiger partial charge in [-0.05, 0) is 31.2 Å². The number of halogens is 2. The van der Waals surface area contributed by atoms with E-state index in [1.165, 1.54) is 0 Å². The monoisotopic (exact) mass is 374 g/mol. The minimum absolute atomic E-state index is 0.476. The molecule has 0 saturated carbocycles. The highest BCUT2D eigenvalue weighted by Crippen LogP contribution is 2.23. The van der Waals surface area contributed by atoms with E-state index in [-0.39, 0.29) is 0 Å². The molecular weight excluding hydrogens is 355 g/mol. The van der Waals surface area contributed by atoms with E-state index in [2.05, 4.69) is 20.7 Å². The van der Waals surface area contributed by atoms with E-state index in [1.54, 1.807) is 12.3 Å². The molecule has 2 rings (SSSR count). The van der Waals surface area contributed by atoms with Crippen LogP contribution >= 0.6 is 35.4 Å². The maximum absolute atomic E-state index is 6.07. The number of rotatable bonds is 6. The van der Waals surface area contributed by atoms with Gasteiger partial charge in [0.1, 0.15) is 0 Å². The predicted molar refractivity (Wildman–Crippen MR) is 99.7 cm³/mol. The van der Waals surface area contributed by atoms with Crippen LogP contribution in [-0.4, -0.2) is 55.6 Å². The van der Waals surface area contributed by atoms with Crippen LogP contribution in [0.2, 0.25) is 10.0 Å². The van der Waals surface area contributed by atoms with Gasteiger partial charge >= 0.3 is 0 Å². The summed E-state index contributed by atoms with van der Waals surface area (Å²) in [6, 6.07) is 5.38. The van der Waals surface area contributed by atoms with Gasteiger partial charge in [-0.3, -0.25) is 10.3 Å². The summed E-state index contributed by atoms with van der Waals surface area (Å²) < 4.78 is 5.32. The van der Waals surface area contributed by atoms with E-state index in [4.69, 9.17) is 40.2 Å². The lowest BCUT2D eigenvalue weighted by atomic mass is 10.2. The van der Waals surface area contributed by atoms with Crippen molar-refractivity contribution in [2.45, 2.75) is 6.42 Å². The Hall–Kier alpha value is -0.920. The molecule has 23 heavy (non-hydrogen) atoms. The van der Waals surface area contributed by atoms with Crippen molar-refractivity contribution in [3.63, 3.8) is 0 Å². The topological polar surface area (TPSA) is 48.9 Å². The normalized spacial score (nSPS) is 15.7. The first kappa shape index (κ1) is 18.4. The van der Waals surface area contributed by atoms with Crippen molar-refractivity contribution in [1.29, 1.82) is 0 Å². The second-order valence-electron chi connectivity index (χ2n) is 5.08. The highest BCUT2D eigenvalue weighted by molar-refractivity contribution is 7.80. The smallest absolute Gasteiger partial charge is 0.186 e. The number of hydrazone groups is 1. The summed E-state index contributed by atoms with van der Waals surface area (Å²) in [5.41, 5.74) is 3.51. The van der Waals surface area contributed by atoms with E-state index in [0.717, 1.165) is 51.4 Å². The predicted octanol–water partition coefficient (Wildman–Crippen LogP) is 2.51. The second-order valence-corrected chi connectivity index (χ2v) is 6.27. The zero-order chi connectivity index (χ0) is 16.5. The number of ether oxygens (including phenoxy) is 1. The van der Waals surface area contributed by atoms with Crippen molar-refractivity contribution in [3.8, 4) is 0 Å². The minimum atomic E-state index is 0.476. The molecule has 0 aliphatic carbocycles. The van der Waals surface area contributed by atoms with Gasteiger partial charge in [0.15, 0.2) is 5.11 Å². The molecule has 1 fully saturated rings. The van der Waals surface area contributed by atoms with E-state index >= 15 is 0 Å².